The largest absolute Gasteiger partial charge is 0.456 e. The summed E-state index contributed by atoms with van der Waals surface area (Å²) in [7, 11) is 0. The van der Waals surface area contributed by atoms with Crippen LogP contribution in [-0.2, 0) is 10.8 Å². The summed E-state index contributed by atoms with van der Waals surface area (Å²) in [6.07, 6.45) is 0. The topological polar surface area (TPSA) is 104 Å². The molecular formula is C108H68N6O2. The van der Waals surface area contributed by atoms with Crippen molar-refractivity contribution in [2.45, 2.75) is 10.8 Å². The second-order valence-corrected chi connectivity index (χ2v) is 29.9. The molecule has 4 aromatic heterocycles. The Morgan fingerprint density at radius 2 is 0.466 bits per heavy atom. The van der Waals surface area contributed by atoms with Crippen LogP contribution in [0.1, 0.15) is 44.5 Å². The highest BCUT2D eigenvalue weighted by atomic mass is 16.3. The lowest BCUT2D eigenvalue weighted by Gasteiger charge is -2.33. The Hall–Kier alpha value is -15.4. The number of aromatic nitrogens is 6. The van der Waals surface area contributed by atoms with Crippen LogP contribution in [0.4, 0.5) is 0 Å². The van der Waals surface area contributed by atoms with Crippen molar-refractivity contribution >= 4 is 54.6 Å². The normalized spacial score (nSPS) is 12.8. The molecule has 0 bridgehead atoms. The molecule has 0 aliphatic heterocycles. The highest BCUT2D eigenvalue weighted by Gasteiger charge is 2.48. The zero-order valence-corrected chi connectivity index (χ0v) is 62.8. The Kier molecular flexibility index (Phi) is 16.2. The third-order valence-corrected chi connectivity index (χ3v) is 23.4. The molecule has 0 saturated heterocycles. The minimum Gasteiger partial charge on any atom is -0.456 e. The zero-order chi connectivity index (χ0) is 76.7. The summed E-state index contributed by atoms with van der Waals surface area (Å²) in [5, 5.41) is 6.42. The van der Waals surface area contributed by atoms with E-state index in [0.29, 0.717) is 34.9 Å². The highest BCUT2D eigenvalue weighted by Crippen LogP contribution is 2.59. The Balaban J connectivity index is 0.000000142. The molecule has 0 atom stereocenters. The molecule has 0 spiro atoms. The van der Waals surface area contributed by atoms with Gasteiger partial charge in [-0.15, -0.1) is 0 Å². The molecule has 2 aliphatic rings. The van der Waals surface area contributed by atoms with Gasteiger partial charge >= 0.3 is 0 Å². The van der Waals surface area contributed by atoms with Crippen LogP contribution < -0.4 is 0 Å². The monoisotopic (exact) mass is 1480 g/mol. The summed E-state index contributed by atoms with van der Waals surface area (Å²) in [6.45, 7) is 0. The summed E-state index contributed by atoms with van der Waals surface area (Å²) in [5.41, 5.74) is 27.2. The average Bonchev–Trinajstić information content (AvgIpc) is 1.51. The fourth-order valence-corrected chi connectivity index (χ4v) is 18.1. The smallest absolute Gasteiger partial charge is 0.164 e. The SMILES string of the molecule is c1ccc(-c2cc(-c3ccccc3)cc(-c3nc(-c4ccccc4)nc(-c4ccc5oc6cc(C7(c8ccccc8)c8ccccc8-c8ccccc87)ccc6c5c4)n3)c2)cc1.c1ccc(-c2nc(-c3ccc4ccccc4c3)nc(-c3ccc4oc5cc(C6(c7ccccc7)c7ccccc7-c7ccccc76)ccc5c4c3)n2)cc1. The molecule has 23 rings (SSSR count). The van der Waals surface area contributed by atoms with Crippen molar-refractivity contribution in [3.8, 4) is 113 Å². The first-order chi connectivity index (χ1) is 57.4. The van der Waals surface area contributed by atoms with Crippen molar-refractivity contribution in [1.29, 1.82) is 0 Å². The number of fused-ring (bicyclic) bond motifs is 13. The van der Waals surface area contributed by atoms with Crippen molar-refractivity contribution in [1.82, 2.24) is 29.9 Å². The molecule has 0 fully saturated rings. The molecule has 8 nitrogen and oxygen atoms in total. The quantitative estimate of drug-likeness (QED) is 0.119. The number of benzene rings is 17. The number of rotatable bonds is 12. The van der Waals surface area contributed by atoms with Crippen molar-refractivity contribution in [2.75, 3.05) is 0 Å². The molecular weight excluding hydrogens is 1410 g/mol. The molecule has 0 N–H and O–H groups in total. The molecule has 0 unspecified atom stereocenters. The van der Waals surface area contributed by atoms with Crippen LogP contribution in [0.2, 0.25) is 0 Å². The third-order valence-electron chi connectivity index (χ3n) is 23.4. The van der Waals surface area contributed by atoms with Gasteiger partial charge < -0.3 is 8.83 Å². The van der Waals surface area contributed by atoms with E-state index in [1.807, 2.05) is 84.9 Å². The van der Waals surface area contributed by atoms with E-state index in [1.165, 1.54) is 66.6 Å². The van der Waals surface area contributed by atoms with E-state index in [0.717, 1.165) is 110 Å². The first kappa shape index (κ1) is 67.5. The van der Waals surface area contributed by atoms with Crippen molar-refractivity contribution < 1.29 is 8.83 Å². The summed E-state index contributed by atoms with van der Waals surface area (Å²) in [4.78, 5) is 30.6. The van der Waals surface area contributed by atoms with Gasteiger partial charge in [-0.1, -0.05) is 340 Å². The van der Waals surface area contributed by atoms with Crippen molar-refractivity contribution in [3.63, 3.8) is 0 Å². The minimum atomic E-state index is -0.514. The maximum absolute atomic E-state index is 6.74. The van der Waals surface area contributed by atoms with Gasteiger partial charge in [0.05, 0.1) is 10.8 Å². The standard InChI is InChI=1S/C58H37N3O.C50H31N3O/c1-5-17-38(18-6-1)42-33-43(39-19-7-2-8-20-39)35-44(34-42)57-60-55(40-21-9-3-10-22-40)59-56(61-57)41-29-32-53-50(36-41)49-31-30-46(37-54(49)62-53)58(45-23-11-4-12-24-45)51-27-15-13-25-47(51)48-26-14-16-28-52(48)58;1-3-14-33(15-4-1)47-51-48(35-24-23-32-13-7-8-16-34(32)29-35)53-49(52-47)36-25-28-45-42(30-36)41-27-26-38(31-46(41)54-45)50(37-17-5-2-6-18-37)43-21-11-9-19-39(43)40-20-10-12-22-44(40)50/h1-37H;1-31H. The van der Waals surface area contributed by atoms with E-state index < -0.39 is 10.8 Å². The van der Waals surface area contributed by atoms with E-state index in [9.17, 15) is 0 Å². The minimum absolute atomic E-state index is 0.495. The summed E-state index contributed by atoms with van der Waals surface area (Å²) in [6, 6.07) is 146. The van der Waals surface area contributed by atoms with Gasteiger partial charge in [-0.25, -0.2) is 29.9 Å². The fraction of sp³-hybridized carbons (Fsp3) is 0.0185. The van der Waals surface area contributed by atoms with Crippen LogP contribution >= 0.6 is 0 Å². The first-order valence-corrected chi connectivity index (χ1v) is 39.3. The Bertz CT molecular complexity index is 7240. The molecule has 2 aliphatic carbocycles. The predicted octanol–water partition coefficient (Wildman–Crippen LogP) is 26.8. The van der Waals surface area contributed by atoms with Crippen LogP contribution in [0.25, 0.3) is 167 Å². The fourth-order valence-electron chi connectivity index (χ4n) is 18.1. The van der Waals surface area contributed by atoms with Gasteiger partial charge in [0.1, 0.15) is 22.3 Å². The van der Waals surface area contributed by atoms with Crippen LogP contribution in [0.5, 0.6) is 0 Å². The first-order valence-electron chi connectivity index (χ1n) is 39.3. The molecule has 0 saturated carbocycles. The van der Waals surface area contributed by atoms with Crippen LogP contribution in [0.3, 0.4) is 0 Å². The molecule has 8 heteroatoms. The molecule has 542 valence electrons. The van der Waals surface area contributed by atoms with Crippen molar-refractivity contribution in [3.05, 3.63) is 457 Å². The highest BCUT2D eigenvalue weighted by molar-refractivity contribution is 6.08. The van der Waals surface area contributed by atoms with E-state index in [1.54, 1.807) is 0 Å². The lowest BCUT2D eigenvalue weighted by Crippen LogP contribution is -2.28. The predicted molar refractivity (Wildman–Crippen MR) is 470 cm³/mol. The number of hydrogen-bond donors (Lipinski definition) is 0. The second-order valence-electron chi connectivity index (χ2n) is 29.9. The summed E-state index contributed by atoms with van der Waals surface area (Å²) in [5.74, 6) is 3.69. The van der Waals surface area contributed by atoms with E-state index in [4.69, 9.17) is 38.7 Å². The molecule has 21 aromatic rings. The Labute approximate surface area is 669 Å². The van der Waals surface area contributed by atoms with Gasteiger partial charge in [0.15, 0.2) is 34.9 Å². The zero-order valence-electron chi connectivity index (χ0n) is 62.8. The maximum atomic E-state index is 6.74. The van der Waals surface area contributed by atoms with Gasteiger partial charge in [0.25, 0.3) is 0 Å². The molecule has 0 radical (unpaired) electrons. The van der Waals surface area contributed by atoms with Gasteiger partial charge in [-0.3, -0.25) is 0 Å². The Morgan fingerprint density at radius 1 is 0.164 bits per heavy atom. The number of nitrogens with zero attached hydrogens (tertiary/aromatic N) is 6. The molecule has 116 heavy (non-hydrogen) atoms. The van der Waals surface area contributed by atoms with Gasteiger partial charge in [0.2, 0.25) is 0 Å². The van der Waals surface area contributed by atoms with Gasteiger partial charge in [0, 0.05) is 54.9 Å². The lowest BCUT2D eigenvalue weighted by atomic mass is 9.67. The van der Waals surface area contributed by atoms with Crippen LogP contribution in [0, 0.1) is 0 Å². The van der Waals surface area contributed by atoms with Crippen LogP contribution in [0.15, 0.2) is 421 Å². The molecule has 17 aromatic carbocycles. The van der Waals surface area contributed by atoms with Gasteiger partial charge in [-0.05, 0) is 173 Å². The number of hydrogen-bond acceptors (Lipinski definition) is 8. The number of furan rings is 2. The van der Waals surface area contributed by atoms with Gasteiger partial charge in [-0.2, -0.15) is 0 Å². The molecule has 4 heterocycles. The van der Waals surface area contributed by atoms with E-state index >= 15 is 0 Å². The summed E-state index contributed by atoms with van der Waals surface area (Å²) >= 11 is 0. The lowest BCUT2D eigenvalue weighted by molar-refractivity contribution is 0.665. The van der Waals surface area contributed by atoms with Crippen LogP contribution in [-0.4, -0.2) is 29.9 Å². The molecule has 0 amide bonds. The van der Waals surface area contributed by atoms with Crippen molar-refractivity contribution in [2.24, 2.45) is 0 Å². The summed E-state index contributed by atoms with van der Waals surface area (Å²) < 4.78 is 13.4. The average molecular weight is 1480 g/mol. The third kappa shape index (κ3) is 11.3. The Morgan fingerprint density at radius 3 is 0.862 bits per heavy atom. The van der Waals surface area contributed by atoms with E-state index in [-0.39, 0.29) is 0 Å². The van der Waals surface area contributed by atoms with E-state index in [2.05, 4.69) is 328 Å². The second kappa shape index (κ2) is 27.8. The maximum Gasteiger partial charge on any atom is 0.164 e.